The first-order valence-corrected chi connectivity index (χ1v) is 7.26. The van der Waals surface area contributed by atoms with Crippen LogP contribution in [0.25, 0.3) is 0 Å². The molecule has 1 atom stereocenters. The van der Waals surface area contributed by atoms with Gasteiger partial charge in [-0.25, -0.2) is 9.97 Å². The van der Waals surface area contributed by atoms with Gasteiger partial charge in [0.05, 0.1) is 5.25 Å². The molecule has 2 rings (SSSR count). The normalized spacial score (nSPS) is 11.9. The molecular formula is C15H17N3OS. The van der Waals surface area contributed by atoms with Crippen molar-refractivity contribution in [2.45, 2.75) is 31.2 Å². The molecule has 1 amide bonds. The van der Waals surface area contributed by atoms with E-state index < -0.39 is 0 Å². The fourth-order valence-corrected chi connectivity index (χ4v) is 2.47. The third kappa shape index (κ3) is 3.81. The van der Waals surface area contributed by atoms with E-state index in [4.69, 9.17) is 0 Å². The van der Waals surface area contributed by atoms with E-state index in [1.165, 1.54) is 17.3 Å². The second-order valence-corrected chi connectivity index (χ2v) is 5.91. The minimum absolute atomic E-state index is 0.0468. The highest BCUT2D eigenvalue weighted by molar-refractivity contribution is 8.00. The third-order valence-electron chi connectivity index (χ3n) is 2.83. The summed E-state index contributed by atoms with van der Waals surface area (Å²) in [5.41, 5.74) is 3.09. The Balaban J connectivity index is 2.01. The highest BCUT2D eigenvalue weighted by Crippen LogP contribution is 2.21. The van der Waals surface area contributed by atoms with Gasteiger partial charge in [-0.2, -0.15) is 0 Å². The summed E-state index contributed by atoms with van der Waals surface area (Å²) in [6, 6.07) is 7.72. The van der Waals surface area contributed by atoms with Gasteiger partial charge in [0.25, 0.3) is 0 Å². The van der Waals surface area contributed by atoms with E-state index >= 15 is 0 Å². The molecule has 1 heterocycles. The molecule has 1 unspecified atom stereocenters. The average Bonchev–Trinajstić information content (AvgIpc) is 2.43. The number of thioether (sulfide) groups is 1. The summed E-state index contributed by atoms with van der Waals surface area (Å²) in [6.07, 6.45) is 3.34. The van der Waals surface area contributed by atoms with Crippen molar-refractivity contribution < 1.29 is 4.79 Å². The summed E-state index contributed by atoms with van der Waals surface area (Å²) in [7, 11) is 0. The van der Waals surface area contributed by atoms with Crippen molar-refractivity contribution >= 4 is 23.4 Å². The van der Waals surface area contributed by atoms with Crippen LogP contribution in [0.15, 0.2) is 41.8 Å². The van der Waals surface area contributed by atoms with E-state index in [0.29, 0.717) is 5.16 Å². The molecule has 0 saturated heterocycles. The molecule has 0 spiro atoms. The summed E-state index contributed by atoms with van der Waals surface area (Å²) in [4.78, 5) is 20.4. The molecule has 0 aliphatic rings. The first-order chi connectivity index (χ1) is 9.56. The second-order valence-electron chi connectivity index (χ2n) is 4.60. The molecule has 1 aromatic carbocycles. The van der Waals surface area contributed by atoms with Crippen LogP contribution in [0.3, 0.4) is 0 Å². The second kappa shape index (κ2) is 6.52. The lowest BCUT2D eigenvalue weighted by molar-refractivity contribution is -0.115. The van der Waals surface area contributed by atoms with Crippen molar-refractivity contribution in [3.8, 4) is 0 Å². The van der Waals surface area contributed by atoms with Crippen LogP contribution >= 0.6 is 11.8 Å². The van der Waals surface area contributed by atoms with Crippen LogP contribution in [0.5, 0.6) is 0 Å². The van der Waals surface area contributed by atoms with Gasteiger partial charge in [-0.05, 0) is 38.5 Å². The Labute approximate surface area is 123 Å². The molecule has 2 aromatic rings. The molecule has 0 saturated carbocycles. The topological polar surface area (TPSA) is 54.9 Å². The molecule has 4 nitrogen and oxygen atoms in total. The van der Waals surface area contributed by atoms with Crippen molar-refractivity contribution in [1.29, 1.82) is 0 Å². The molecule has 0 aliphatic heterocycles. The van der Waals surface area contributed by atoms with Gasteiger partial charge < -0.3 is 5.32 Å². The van der Waals surface area contributed by atoms with Gasteiger partial charge in [0.2, 0.25) is 5.91 Å². The van der Waals surface area contributed by atoms with E-state index in [1.807, 2.05) is 39.0 Å². The maximum absolute atomic E-state index is 12.2. The number of nitrogens with zero attached hydrogens (tertiary/aromatic N) is 2. The van der Waals surface area contributed by atoms with E-state index in [-0.39, 0.29) is 11.2 Å². The summed E-state index contributed by atoms with van der Waals surface area (Å²) in [5, 5.41) is 3.30. The number of carbonyl (C=O) groups excluding carboxylic acids is 1. The van der Waals surface area contributed by atoms with Crippen molar-refractivity contribution in [3.05, 3.63) is 47.8 Å². The number of amides is 1. The van der Waals surface area contributed by atoms with Crippen LogP contribution < -0.4 is 5.32 Å². The number of rotatable bonds is 4. The largest absolute Gasteiger partial charge is 0.325 e. The summed E-state index contributed by atoms with van der Waals surface area (Å²) < 4.78 is 0. The number of carbonyl (C=O) groups is 1. The quantitative estimate of drug-likeness (QED) is 0.693. The maximum Gasteiger partial charge on any atom is 0.237 e. The monoisotopic (exact) mass is 287 g/mol. The van der Waals surface area contributed by atoms with Gasteiger partial charge in [0.1, 0.15) is 0 Å². The number of hydrogen-bond donors (Lipinski definition) is 1. The van der Waals surface area contributed by atoms with Gasteiger partial charge in [0, 0.05) is 18.1 Å². The highest BCUT2D eigenvalue weighted by atomic mass is 32.2. The predicted octanol–water partition coefficient (Wildman–Crippen LogP) is 3.21. The van der Waals surface area contributed by atoms with Crippen molar-refractivity contribution in [3.63, 3.8) is 0 Å². The van der Waals surface area contributed by atoms with Gasteiger partial charge >= 0.3 is 0 Å². The van der Waals surface area contributed by atoms with Crippen LogP contribution in [0.4, 0.5) is 5.69 Å². The molecule has 1 aromatic heterocycles. The Morgan fingerprint density at radius 1 is 1.25 bits per heavy atom. The Hall–Kier alpha value is -1.88. The summed E-state index contributed by atoms with van der Waals surface area (Å²) in [6.45, 7) is 5.87. The molecule has 5 heteroatoms. The lowest BCUT2D eigenvalue weighted by Gasteiger charge is -2.13. The summed E-state index contributed by atoms with van der Waals surface area (Å²) in [5.74, 6) is -0.0468. The number of aryl methyl sites for hydroxylation is 2. The number of aromatic nitrogens is 2. The molecule has 0 radical (unpaired) electrons. The number of anilines is 1. The molecule has 0 fully saturated rings. The van der Waals surface area contributed by atoms with Crippen LogP contribution in [-0.2, 0) is 4.79 Å². The fraction of sp³-hybridized carbons (Fsp3) is 0.267. The Morgan fingerprint density at radius 3 is 2.60 bits per heavy atom. The van der Waals surface area contributed by atoms with Crippen molar-refractivity contribution in [1.82, 2.24) is 9.97 Å². The van der Waals surface area contributed by atoms with Crippen LogP contribution in [0, 0.1) is 13.8 Å². The lowest BCUT2D eigenvalue weighted by Crippen LogP contribution is -2.23. The van der Waals surface area contributed by atoms with Crippen molar-refractivity contribution in [2.75, 3.05) is 5.32 Å². The van der Waals surface area contributed by atoms with Gasteiger partial charge in [-0.3, -0.25) is 4.79 Å². The van der Waals surface area contributed by atoms with E-state index in [2.05, 4.69) is 15.3 Å². The van der Waals surface area contributed by atoms with Gasteiger partial charge in [-0.1, -0.05) is 29.5 Å². The first kappa shape index (κ1) is 14.5. The van der Waals surface area contributed by atoms with E-state index in [9.17, 15) is 4.79 Å². The fourth-order valence-electron chi connectivity index (χ4n) is 1.75. The van der Waals surface area contributed by atoms with Crippen LogP contribution in [0.2, 0.25) is 0 Å². The van der Waals surface area contributed by atoms with Gasteiger partial charge in [0.15, 0.2) is 5.16 Å². The van der Waals surface area contributed by atoms with E-state index in [1.54, 1.807) is 18.5 Å². The molecule has 0 bridgehead atoms. The predicted molar refractivity (Wildman–Crippen MR) is 81.9 cm³/mol. The average molecular weight is 287 g/mol. The number of benzene rings is 1. The Kier molecular flexibility index (Phi) is 4.74. The Bertz CT molecular complexity index is 601. The summed E-state index contributed by atoms with van der Waals surface area (Å²) >= 11 is 1.35. The molecule has 104 valence electrons. The highest BCUT2D eigenvalue weighted by Gasteiger charge is 2.16. The number of nitrogens with one attached hydrogen (secondary N) is 1. The standard InChI is InChI=1S/C15H17N3OS/c1-10-5-6-13(11(2)9-10)18-14(19)12(3)20-15-16-7-4-8-17-15/h4-9,12H,1-3H3,(H,18,19). The van der Waals surface area contributed by atoms with E-state index in [0.717, 1.165) is 11.3 Å². The van der Waals surface area contributed by atoms with Crippen LogP contribution in [-0.4, -0.2) is 21.1 Å². The number of hydrogen-bond acceptors (Lipinski definition) is 4. The first-order valence-electron chi connectivity index (χ1n) is 6.38. The van der Waals surface area contributed by atoms with Crippen LogP contribution in [0.1, 0.15) is 18.1 Å². The Morgan fingerprint density at radius 2 is 1.95 bits per heavy atom. The van der Waals surface area contributed by atoms with Gasteiger partial charge in [-0.15, -0.1) is 0 Å². The molecular weight excluding hydrogens is 270 g/mol. The molecule has 20 heavy (non-hydrogen) atoms. The molecule has 1 N–H and O–H groups in total. The van der Waals surface area contributed by atoms with Crippen molar-refractivity contribution in [2.24, 2.45) is 0 Å². The zero-order valence-corrected chi connectivity index (χ0v) is 12.6. The maximum atomic E-state index is 12.2. The minimum Gasteiger partial charge on any atom is -0.325 e. The zero-order chi connectivity index (χ0) is 14.5. The zero-order valence-electron chi connectivity index (χ0n) is 11.8. The minimum atomic E-state index is -0.252. The SMILES string of the molecule is Cc1ccc(NC(=O)C(C)Sc2ncccn2)c(C)c1. The lowest BCUT2D eigenvalue weighted by atomic mass is 10.1. The smallest absolute Gasteiger partial charge is 0.237 e. The third-order valence-corrected chi connectivity index (χ3v) is 3.82. The molecule has 0 aliphatic carbocycles.